The number of anilines is 2. The lowest BCUT2D eigenvalue weighted by atomic mass is 10.1. The van der Waals surface area contributed by atoms with E-state index in [4.69, 9.17) is 0 Å². The summed E-state index contributed by atoms with van der Waals surface area (Å²) in [6, 6.07) is 5.56. The number of urea groups is 1. The molecule has 28 heavy (non-hydrogen) atoms. The Labute approximate surface area is 162 Å². The Kier molecular flexibility index (Phi) is 5.43. The van der Waals surface area contributed by atoms with Gasteiger partial charge in [0.15, 0.2) is 0 Å². The van der Waals surface area contributed by atoms with E-state index in [2.05, 4.69) is 5.32 Å². The molecule has 1 atom stereocenters. The van der Waals surface area contributed by atoms with Crippen molar-refractivity contribution in [3.05, 3.63) is 24.3 Å². The van der Waals surface area contributed by atoms with Crippen molar-refractivity contribution in [2.24, 2.45) is 0 Å². The largest absolute Gasteiger partial charge is 0.334 e. The molecule has 6 amide bonds. The van der Waals surface area contributed by atoms with Gasteiger partial charge in [-0.1, -0.05) is 25.5 Å². The Morgan fingerprint density at radius 2 is 1.79 bits per heavy atom. The van der Waals surface area contributed by atoms with Crippen LogP contribution in [0.4, 0.5) is 16.2 Å². The molecule has 0 bridgehead atoms. The molecule has 2 aliphatic heterocycles. The van der Waals surface area contributed by atoms with Gasteiger partial charge in [-0.05, 0) is 25.5 Å². The van der Waals surface area contributed by atoms with Gasteiger partial charge in [0.05, 0.1) is 11.4 Å². The molecule has 1 saturated heterocycles. The number of rotatable bonds is 5. The van der Waals surface area contributed by atoms with Gasteiger partial charge in [-0.3, -0.25) is 24.1 Å². The van der Waals surface area contributed by atoms with E-state index in [0.29, 0.717) is 22.7 Å². The number of hydrogen-bond donors (Lipinski definition) is 1. The lowest BCUT2D eigenvalue weighted by Gasteiger charge is -2.29. The molecular weight excluding hydrogens is 364 g/mol. The maximum atomic E-state index is 13.0. The number of para-hydroxylation sites is 2. The van der Waals surface area contributed by atoms with Gasteiger partial charge in [0.25, 0.3) is 0 Å². The van der Waals surface area contributed by atoms with E-state index in [1.54, 1.807) is 31.2 Å². The third kappa shape index (κ3) is 3.47. The minimum absolute atomic E-state index is 0.0733. The molecule has 148 valence electrons. The second kappa shape index (κ2) is 7.79. The molecule has 1 aromatic rings. The summed E-state index contributed by atoms with van der Waals surface area (Å²) in [5.74, 6) is -2.68. The Bertz CT molecular complexity index is 852. The van der Waals surface area contributed by atoms with E-state index in [9.17, 15) is 24.0 Å². The van der Waals surface area contributed by atoms with Gasteiger partial charge in [-0.15, -0.1) is 0 Å². The molecular formula is C19H22N4O5. The van der Waals surface area contributed by atoms with Crippen molar-refractivity contribution in [3.8, 4) is 0 Å². The molecule has 2 aliphatic rings. The van der Waals surface area contributed by atoms with Gasteiger partial charge < -0.3 is 10.2 Å². The topological polar surface area (TPSA) is 107 Å². The molecule has 0 aliphatic carbocycles. The van der Waals surface area contributed by atoms with Crippen LogP contribution < -0.4 is 10.2 Å². The molecule has 0 unspecified atom stereocenters. The number of carbonyl (C=O) groups is 5. The summed E-state index contributed by atoms with van der Waals surface area (Å²) in [6.07, 6.45) is 1.41. The van der Waals surface area contributed by atoms with Crippen molar-refractivity contribution in [2.45, 2.75) is 39.2 Å². The number of carbonyl (C=O) groups excluding carboxylic acids is 5. The summed E-state index contributed by atoms with van der Waals surface area (Å²) < 4.78 is 0. The highest BCUT2D eigenvalue weighted by Crippen LogP contribution is 2.31. The fraction of sp³-hybridized carbons (Fsp3) is 0.421. The fourth-order valence-corrected chi connectivity index (χ4v) is 3.38. The van der Waals surface area contributed by atoms with Gasteiger partial charge in [0.2, 0.25) is 11.8 Å². The summed E-state index contributed by atoms with van der Waals surface area (Å²) in [5.41, 5.74) is 0.962. The first-order valence-electron chi connectivity index (χ1n) is 9.23. The molecule has 0 aromatic heterocycles. The highest BCUT2D eigenvalue weighted by molar-refractivity contribution is 6.45. The van der Waals surface area contributed by atoms with Crippen molar-refractivity contribution < 1.29 is 24.0 Å². The lowest BCUT2D eigenvalue weighted by Crippen LogP contribution is -2.47. The summed E-state index contributed by atoms with van der Waals surface area (Å²) in [5, 5.41) is 2.74. The number of benzene rings is 1. The first-order chi connectivity index (χ1) is 13.3. The molecule has 0 spiro atoms. The maximum absolute atomic E-state index is 13.0. The minimum atomic E-state index is -1.00. The average Bonchev–Trinajstić information content (AvgIpc) is 2.78. The van der Waals surface area contributed by atoms with Crippen molar-refractivity contribution in [2.75, 3.05) is 23.3 Å². The van der Waals surface area contributed by atoms with Crippen LogP contribution in [0.25, 0.3) is 0 Å². The Morgan fingerprint density at radius 3 is 2.50 bits per heavy atom. The zero-order valence-electron chi connectivity index (χ0n) is 15.8. The van der Waals surface area contributed by atoms with Crippen LogP contribution in [0.1, 0.15) is 33.1 Å². The fourth-order valence-electron chi connectivity index (χ4n) is 3.38. The zero-order chi connectivity index (χ0) is 20.4. The van der Waals surface area contributed by atoms with Crippen molar-refractivity contribution >= 4 is 41.0 Å². The molecule has 3 rings (SSSR count). The van der Waals surface area contributed by atoms with Crippen molar-refractivity contribution in [1.82, 2.24) is 9.80 Å². The second-order valence-electron chi connectivity index (χ2n) is 6.87. The Morgan fingerprint density at radius 1 is 1.11 bits per heavy atom. The van der Waals surface area contributed by atoms with Crippen LogP contribution in [0.5, 0.6) is 0 Å². The summed E-state index contributed by atoms with van der Waals surface area (Å²) in [7, 11) is 0. The van der Waals surface area contributed by atoms with Crippen LogP contribution in [0.2, 0.25) is 0 Å². The Hall–Kier alpha value is -3.23. The quantitative estimate of drug-likeness (QED) is 0.607. The molecule has 9 nitrogen and oxygen atoms in total. The molecule has 1 aromatic carbocycles. The number of nitrogens with zero attached hydrogens (tertiary/aromatic N) is 3. The number of unbranched alkanes of at least 4 members (excludes halogenated alkanes) is 1. The van der Waals surface area contributed by atoms with E-state index in [1.807, 2.05) is 6.92 Å². The van der Waals surface area contributed by atoms with Gasteiger partial charge in [0, 0.05) is 19.0 Å². The third-order valence-electron chi connectivity index (χ3n) is 4.79. The number of amides is 6. The van der Waals surface area contributed by atoms with Crippen LogP contribution >= 0.6 is 0 Å². The molecule has 1 N–H and O–H groups in total. The van der Waals surface area contributed by atoms with Crippen molar-refractivity contribution in [1.29, 1.82) is 0 Å². The van der Waals surface area contributed by atoms with E-state index in [1.165, 1.54) is 4.90 Å². The smallest absolute Gasteiger partial charge is 0.324 e. The van der Waals surface area contributed by atoms with Gasteiger partial charge in [0.1, 0.15) is 6.54 Å². The molecule has 1 fully saturated rings. The highest BCUT2D eigenvalue weighted by Gasteiger charge is 2.45. The first kappa shape index (κ1) is 19.5. The number of hydrogen-bond acceptors (Lipinski definition) is 5. The van der Waals surface area contributed by atoms with Crippen LogP contribution in [0, 0.1) is 0 Å². The first-order valence-corrected chi connectivity index (χ1v) is 9.23. The number of fused-ring (bicyclic) bond motifs is 1. The van der Waals surface area contributed by atoms with Gasteiger partial charge >= 0.3 is 17.8 Å². The second-order valence-corrected chi connectivity index (χ2v) is 6.87. The average molecular weight is 386 g/mol. The van der Waals surface area contributed by atoms with E-state index < -0.39 is 36.3 Å². The van der Waals surface area contributed by atoms with Crippen LogP contribution in [-0.2, 0) is 19.2 Å². The predicted molar refractivity (Wildman–Crippen MR) is 100 cm³/mol. The Balaban J connectivity index is 1.84. The SMILES string of the molecule is CCCCN1C(=O)C(=O)N(CC(=O)N2c3ccccc3NC(=O)C[C@@H]2C)C1=O. The van der Waals surface area contributed by atoms with E-state index >= 15 is 0 Å². The zero-order valence-corrected chi connectivity index (χ0v) is 15.8. The minimum Gasteiger partial charge on any atom is -0.324 e. The van der Waals surface area contributed by atoms with E-state index in [-0.39, 0.29) is 18.9 Å². The molecule has 0 radical (unpaired) electrons. The van der Waals surface area contributed by atoms with Crippen molar-refractivity contribution in [3.63, 3.8) is 0 Å². The summed E-state index contributed by atoms with van der Waals surface area (Å²) in [4.78, 5) is 64.8. The number of nitrogens with one attached hydrogen (secondary N) is 1. The normalized spacial score (nSPS) is 19.6. The molecule has 0 saturated carbocycles. The molecule has 2 heterocycles. The molecule has 9 heteroatoms. The number of imide groups is 2. The van der Waals surface area contributed by atoms with Crippen LogP contribution in [-0.4, -0.2) is 58.6 Å². The van der Waals surface area contributed by atoms with Gasteiger partial charge in [-0.25, -0.2) is 9.69 Å². The van der Waals surface area contributed by atoms with Crippen LogP contribution in [0.3, 0.4) is 0 Å². The maximum Gasteiger partial charge on any atom is 0.334 e. The summed E-state index contributed by atoms with van der Waals surface area (Å²) in [6.45, 7) is 3.21. The highest BCUT2D eigenvalue weighted by atomic mass is 16.2. The standard InChI is InChI=1S/C19H22N4O5/c1-3-4-9-21-17(26)18(27)22(19(21)28)11-16(25)23-12(2)10-15(24)20-13-7-5-6-8-14(13)23/h5-8,12H,3-4,9-11H2,1-2H3,(H,20,24)/t12-/m0/s1. The lowest BCUT2D eigenvalue weighted by molar-refractivity contribution is -0.143. The third-order valence-corrected chi connectivity index (χ3v) is 4.79. The monoisotopic (exact) mass is 386 g/mol. The predicted octanol–water partition coefficient (Wildman–Crippen LogP) is 1.34. The van der Waals surface area contributed by atoms with E-state index in [0.717, 1.165) is 11.3 Å². The van der Waals surface area contributed by atoms with Gasteiger partial charge in [-0.2, -0.15) is 0 Å². The van der Waals surface area contributed by atoms with Crippen LogP contribution in [0.15, 0.2) is 24.3 Å². The summed E-state index contributed by atoms with van der Waals surface area (Å²) >= 11 is 0.